The quantitative estimate of drug-likeness (QED) is 0.612. The molecule has 2 amide bonds. The Morgan fingerprint density at radius 2 is 1.62 bits per heavy atom. The number of rotatable bonds is 6. The van der Waals surface area contributed by atoms with Crippen molar-refractivity contribution in [3.8, 4) is 11.1 Å². The second kappa shape index (κ2) is 9.49. The van der Waals surface area contributed by atoms with Crippen LogP contribution in [0.25, 0.3) is 11.1 Å². The molecule has 1 unspecified atom stereocenters. The number of nitrogens with zero attached hydrogens (tertiary/aromatic N) is 2. The Kier molecular flexibility index (Phi) is 6.42. The van der Waals surface area contributed by atoms with Crippen LogP contribution in [0.4, 0.5) is 5.69 Å². The van der Waals surface area contributed by atoms with E-state index in [0.717, 1.165) is 42.5 Å². The molecule has 0 bridgehead atoms. The highest BCUT2D eigenvalue weighted by Gasteiger charge is 2.50. The molecule has 0 radical (unpaired) electrons. The molecule has 2 saturated carbocycles. The summed E-state index contributed by atoms with van der Waals surface area (Å²) in [4.78, 5) is 29.1. The fraction of sp³-hybridized carbons (Fsp3) is 0.481. The topological polar surface area (TPSA) is 93.1 Å². The van der Waals surface area contributed by atoms with Gasteiger partial charge in [0.2, 0.25) is 5.91 Å². The van der Waals surface area contributed by atoms with Gasteiger partial charge in [-0.1, -0.05) is 37.1 Å². The SMILES string of the molecule is O=C(Nc1cccc(-c2ccc(C(=O)N3CCN(C(O)C4(O)CC4)CC3)cc2)c1)C1CCCC1. The summed E-state index contributed by atoms with van der Waals surface area (Å²) >= 11 is 0. The first kappa shape index (κ1) is 23.0. The largest absolute Gasteiger partial charge is 0.386 e. The zero-order chi connectivity index (χ0) is 23.7. The molecule has 3 aliphatic rings. The summed E-state index contributed by atoms with van der Waals surface area (Å²) in [6.45, 7) is 2.15. The highest BCUT2D eigenvalue weighted by Crippen LogP contribution is 2.39. The number of piperazine rings is 1. The van der Waals surface area contributed by atoms with Crippen LogP contribution >= 0.6 is 0 Å². The molecule has 5 rings (SSSR count). The minimum atomic E-state index is -0.960. The Morgan fingerprint density at radius 3 is 2.26 bits per heavy atom. The van der Waals surface area contributed by atoms with Gasteiger partial charge in [0, 0.05) is 43.3 Å². The second-order valence-electron chi connectivity index (χ2n) is 9.93. The fourth-order valence-corrected chi connectivity index (χ4v) is 5.09. The summed E-state index contributed by atoms with van der Waals surface area (Å²) in [5, 5.41) is 23.5. The third-order valence-electron chi connectivity index (χ3n) is 7.51. The first-order valence-corrected chi connectivity index (χ1v) is 12.4. The van der Waals surface area contributed by atoms with E-state index in [4.69, 9.17) is 0 Å². The smallest absolute Gasteiger partial charge is 0.253 e. The summed E-state index contributed by atoms with van der Waals surface area (Å²) in [6.07, 6.45) is 4.62. The molecule has 3 N–H and O–H groups in total. The van der Waals surface area contributed by atoms with E-state index in [9.17, 15) is 19.8 Å². The van der Waals surface area contributed by atoms with Crippen molar-refractivity contribution in [1.82, 2.24) is 9.80 Å². The van der Waals surface area contributed by atoms with Crippen LogP contribution in [-0.4, -0.2) is 69.8 Å². The first-order valence-electron chi connectivity index (χ1n) is 12.4. The van der Waals surface area contributed by atoms with Crippen LogP contribution in [0.3, 0.4) is 0 Å². The molecule has 1 saturated heterocycles. The van der Waals surface area contributed by atoms with E-state index in [1.54, 1.807) is 4.90 Å². The van der Waals surface area contributed by atoms with Crippen LogP contribution in [0.2, 0.25) is 0 Å². The number of amides is 2. The molecule has 0 aromatic heterocycles. The van der Waals surface area contributed by atoms with Gasteiger partial charge in [-0.25, -0.2) is 0 Å². The van der Waals surface area contributed by atoms with Gasteiger partial charge in [0.1, 0.15) is 11.8 Å². The monoisotopic (exact) mass is 463 g/mol. The number of benzene rings is 2. The third kappa shape index (κ3) is 4.87. The summed E-state index contributed by atoms with van der Waals surface area (Å²) in [6, 6.07) is 15.4. The van der Waals surface area contributed by atoms with Crippen molar-refractivity contribution in [1.29, 1.82) is 0 Å². The van der Waals surface area contributed by atoms with Crippen LogP contribution in [0.1, 0.15) is 48.9 Å². The van der Waals surface area contributed by atoms with E-state index in [1.165, 1.54) is 0 Å². The number of hydrogen-bond donors (Lipinski definition) is 3. The molecule has 2 aromatic carbocycles. The lowest BCUT2D eigenvalue weighted by Crippen LogP contribution is -2.55. The lowest BCUT2D eigenvalue weighted by molar-refractivity contribution is -0.119. The van der Waals surface area contributed by atoms with Crippen molar-refractivity contribution >= 4 is 17.5 Å². The van der Waals surface area contributed by atoms with Crippen LogP contribution in [0, 0.1) is 5.92 Å². The standard InChI is InChI=1S/C27H33N3O4/c31-24(20-4-1-2-5-20)28-23-7-3-6-22(18-23)19-8-10-21(11-9-19)25(32)29-14-16-30(17-15-29)26(33)27(34)12-13-27/h3,6-11,18,20,26,33-34H,1-2,4-5,12-17H2,(H,28,31). The molecule has 34 heavy (non-hydrogen) atoms. The molecule has 0 spiro atoms. The number of carbonyl (C=O) groups excluding carboxylic acids is 2. The minimum absolute atomic E-state index is 0.0246. The average molecular weight is 464 g/mol. The van der Waals surface area contributed by atoms with E-state index in [1.807, 2.05) is 53.4 Å². The van der Waals surface area contributed by atoms with E-state index >= 15 is 0 Å². The van der Waals surface area contributed by atoms with Gasteiger partial charge in [-0.15, -0.1) is 0 Å². The molecule has 2 aromatic rings. The van der Waals surface area contributed by atoms with Gasteiger partial charge in [0.25, 0.3) is 5.91 Å². The van der Waals surface area contributed by atoms with Gasteiger partial charge < -0.3 is 20.4 Å². The maximum Gasteiger partial charge on any atom is 0.253 e. The molecule has 1 heterocycles. The third-order valence-corrected chi connectivity index (χ3v) is 7.51. The van der Waals surface area contributed by atoms with Gasteiger partial charge in [-0.05, 0) is 61.1 Å². The van der Waals surface area contributed by atoms with Crippen molar-refractivity contribution in [2.24, 2.45) is 5.92 Å². The molecule has 3 fully saturated rings. The van der Waals surface area contributed by atoms with Gasteiger partial charge >= 0.3 is 0 Å². The second-order valence-corrected chi connectivity index (χ2v) is 9.93. The predicted octanol–water partition coefficient (Wildman–Crippen LogP) is 3.08. The zero-order valence-electron chi connectivity index (χ0n) is 19.4. The molecule has 7 heteroatoms. The zero-order valence-corrected chi connectivity index (χ0v) is 19.4. The molecular formula is C27H33N3O4. The van der Waals surface area contributed by atoms with Crippen molar-refractivity contribution in [2.75, 3.05) is 31.5 Å². The highest BCUT2D eigenvalue weighted by molar-refractivity contribution is 5.95. The van der Waals surface area contributed by atoms with Gasteiger partial charge in [-0.2, -0.15) is 0 Å². The Morgan fingerprint density at radius 1 is 0.941 bits per heavy atom. The van der Waals surface area contributed by atoms with Crippen molar-refractivity contribution in [3.05, 3.63) is 54.1 Å². The van der Waals surface area contributed by atoms with Crippen LogP contribution in [0.15, 0.2) is 48.5 Å². The Labute approximate surface area is 200 Å². The van der Waals surface area contributed by atoms with Crippen LogP contribution in [0.5, 0.6) is 0 Å². The number of aliphatic hydroxyl groups is 2. The summed E-state index contributed by atoms with van der Waals surface area (Å²) in [7, 11) is 0. The molecule has 180 valence electrons. The summed E-state index contributed by atoms with van der Waals surface area (Å²) in [5.74, 6) is 0.204. The average Bonchev–Trinajstić information content (AvgIpc) is 3.38. The number of anilines is 1. The van der Waals surface area contributed by atoms with E-state index in [2.05, 4.69) is 5.32 Å². The molecular weight excluding hydrogens is 430 g/mol. The lowest BCUT2D eigenvalue weighted by atomic mass is 10.0. The number of nitrogens with one attached hydrogen (secondary N) is 1. The molecule has 7 nitrogen and oxygen atoms in total. The minimum Gasteiger partial charge on any atom is -0.386 e. The van der Waals surface area contributed by atoms with Gasteiger partial charge in [-0.3, -0.25) is 14.5 Å². The Hall–Kier alpha value is -2.74. The van der Waals surface area contributed by atoms with Crippen molar-refractivity contribution in [2.45, 2.75) is 50.4 Å². The Balaban J connectivity index is 1.19. The van der Waals surface area contributed by atoms with E-state index in [0.29, 0.717) is 44.6 Å². The normalized spacial score (nSPS) is 21.3. The molecule has 1 atom stereocenters. The molecule has 2 aliphatic carbocycles. The fourth-order valence-electron chi connectivity index (χ4n) is 5.09. The number of carbonyl (C=O) groups is 2. The molecule has 1 aliphatic heterocycles. The lowest BCUT2D eigenvalue weighted by Gasteiger charge is -2.38. The number of hydrogen-bond acceptors (Lipinski definition) is 5. The van der Waals surface area contributed by atoms with Gasteiger partial charge in [0.05, 0.1) is 0 Å². The van der Waals surface area contributed by atoms with Crippen molar-refractivity contribution < 1.29 is 19.8 Å². The first-order chi connectivity index (χ1) is 16.4. The van der Waals surface area contributed by atoms with Crippen molar-refractivity contribution in [3.63, 3.8) is 0 Å². The maximum absolute atomic E-state index is 13.0. The van der Waals surface area contributed by atoms with Crippen LogP contribution in [-0.2, 0) is 4.79 Å². The highest BCUT2D eigenvalue weighted by atomic mass is 16.4. The van der Waals surface area contributed by atoms with Gasteiger partial charge in [0.15, 0.2) is 0 Å². The predicted molar refractivity (Wildman–Crippen MR) is 130 cm³/mol. The van der Waals surface area contributed by atoms with E-state index in [-0.39, 0.29) is 17.7 Å². The number of aliphatic hydroxyl groups excluding tert-OH is 1. The maximum atomic E-state index is 13.0. The summed E-state index contributed by atoms with van der Waals surface area (Å²) in [5.41, 5.74) is 2.44. The Bertz CT molecular complexity index is 1040. The van der Waals surface area contributed by atoms with E-state index < -0.39 is 11.8 Å². The summed E-state index contributed by atoms with van der Waals surface area (Å²) < 4.78 is 0. The van der Waals surface area contributed by atoms with Crippen LogP contribution < -0.4 is 5.32 Å².